The van der Waals surface area contributed by atoms with E-state index in [0.717, 1.165) is 81.2 Å². The van der Waals surface area contributed by atoms with E-state index in [1.54, 1.807) is 7.11 Å². The van der Waals surface area contributed by atoms with Gasteiger partial charge in [0.25, 0.3) is 0 Å². The number of methoxy groups -OCH3 is 1. The number of benzene rings is 2. The van der Waals surface area contributed by atoms with Crippen molar-refractivity contribution in [1.82, 2.24) is 9.80 Å². The van der Waals surface area contributed by atoms with Crippen LogP contribution in [0.25, 0.3) is 11.1 Å². The average Bonchev–Trinajstić information content (AvgIpc) is 3.37. The van der Waals surface area contributed by atoms with Gasteiger partial charge < -0.3 is 28.7 Å². The molecular formula is C28H36N2O5. The minimum Gasteiger partial charge on any atom is -0.496 e. The minimum absolute atomic E-state index is 0.163. The molecule has 7 nitrogen and oxygen atoms in total. The largest absolute Gasteiger partial charge is 0.496 e. The summed E-state index contributed by atoms with van der Waals surface area (Å²) in [5.41, 5.74) is 3.60. The Morgan fingerprint density at radius 1 is 0.943 bits per heavy atom. The zero-order valence-electron chi connectivity index (χ0n) is 20.8. The summed E-state index contributed by atoms with van der Waals surface area (Å²) >= 11 is 0. The van der Waals surface area contributed by atoms with Crippen LogP contribution in [0.1, 0.15) is 44.1 Å². The number of carbonyl (C=O) groups is 1. The molecule has 3 heterocycles. The Kier molecular flexibility index (Phi) is 7.32. The lowest BCUT2D eigenvalue weighted by Gasteiger charge is -2.37. The summed E-state index contributed by atoms with van der Waals surface area (Å²) in [6.07, 6.45) is 4.21. The van der Waals surface area contributed by atoms with Crippen LogP contribution in [0.15, 0.2) is 36.4 Å². The Morgan fingerprint density at radius 3 is 2.40 bits per heavy atom. The van der Waals surface area contributed by atoms with E-state index in [9.17, 15) is 4.79 Å². The predicted octanol–water partition coefficient (Wildman–Crippen LogP) is 5.14. The van der Waals surface area contributed by atoms with Gasteiger partial charge in [0.1, 0.15) is 5.75 Å². The van der Waals surface area contributed by atoms with Crippen molar-refractivity contribution >= 4 is 6.09 Å². The molecule has 2 aromatic carbocycles. The van der Waals surface area contributed by atoms with Crippen LogP contribution in [0.2, 0.25) is 0 Å². The summed E-state index contributed by atoms with van der Waals surface area (Å²) in [7, 11) is 1.76. The normalized spacial score (nSPS) is 19.1. The molecule has 0 radical (unpaired) electrons. The van der Waals surface area contributed by atoms with Crippen molar-refractivity contribution in [1.29, 1.82) is 0 Å². The van der Waals surface area contributed by atoms with Crippen LogP contribution in [0.4, 0.5) is 4.79 Å². The molecule has 0 unspecified atom stereocenters. The lowest BCUT2D eigenvalue weighted by molar-refractivity contribution is 0.0830. The third kappa shape index (κ3) is 5.35. The van der Waals surface area contributed by atoms with Crippen molar-refractivity contribution < 1.29 is 23.7 Å². The lowest BCUT2D eigenvalue weighted by Crippen LogP contribution is -2.43. The predicted molar refractivity (Wildman–Crippen MR) is 134 cm³/mol. The van der Waals surface area contributed by atoms with E-state index >= 15 is 0 Å². The quantitative estimate of drug-likeness (QED) is 0.571. The Morgan fingerprint density at radius 2 is 1.66 bits per heavy atom. The van der Waals surface area contributed by atoms with Crippen molar-refractivity contribution in [2.45, 2.75) is 38.5 Å². The highest BCUT2D eigenvalue weighted by molar-refractivity contribution is 5.69. The minimum atomic E-state index is -0.163. The highest BCUT2D eigenvalue weighted by Gasteiger charge is 2.28. The Hall–Kier alpha value is -2.93. The number of rotatable bonds is 6. The Bertz CT molecular complexity index is 1030. The molecule has 0 atom stereocenters. The summed E-state index contributed by atoms with van der Waals surface area (Å²) in [6, 6.07) is 12.6. The molecule has 5 rings (SSSR count). The Labute approximate surface area is 207 Å². The average molecular weight is 481 g/mol. The number of nitrogens with zero attached hydrogens (tertiary/aromatic N) is 2. The first-order valence-electron chi connectivity index (χ1n) is 12.9. The first kappa shape index (κ1) is 23.8. The maximum absolute atomic E-state index is 12.0. The maximum atomic E-state index is 12.0. The number of hydrogen-bond donors (Lipinski definition) is 0. The van der Waals surface area contributed by atoms with Crippen LogP contribution in [0, 0.1) is 5.92 Å². The summed E-state index contributed by atoms with van der Waals surface area (Å²) in [6.45, 7) is 7.52. The van der Waals surface area contributed by atoms with E-state index in [0.29, 0.717) is 18.4 Å². The number of piperidine rings is 2. The van der Waals surface area contributed by atoms with Gasteiger partial charge in [-0.05, 0) is 98.5 Å². The summed E-state index contributed by atoms with van der Waals surface area (Å²) in [5, 5.41) is 0. The second kappa shape index (κ2) is 10.8. The molecule has 35 heavy (non-hydrogen) atoms. The third-order valence-corrected chi connectivity index (χ3v) is 7.62. The van der Waals surface area contributed by atoms with Gasteiger partial charge in [-0.3, -0.25) is 0 Å². The molecule has 0 aliphatic carbocycles. The van der Waals surface area contributed by atoms with Gasteiger partial charge in [-0.15, -0.1) is 0 Å². The lowest BCUT2D eigenvalue weighted by atomic mass is 9.86. The van der Waals surface area contributed by atoms with Crippen LogP contribution in [0.5, 0.6) is 17.2 Å². The number of hydrogen-bond acceptors (Lipinski definition) is 6. The molecule has 7 heteroatoms. The molecule has 2 fully saturated rings. The molecule has 2 aromatic rings. The zero-order chi connectivity index (χ0) is 24.2. The fourth-order valence-corrected chi connectivity index (χ4v) is 5.61. The van der Waals surface area contributed by atoms with E-state index in [-0.39, 0.29) is 12.9 Å². The van der Waals surface area contributed by atoms with Crippen LogP contribution in [0.3, 0.4) is 0 Å². The van der Waals surface area contributed by atoms with Crippen LogP contribution in [-0.2, 0) is 4.74 Å². The fourth-order valence-electron chi connectivity index (χ4n) is 5.61. The highest BCUT2D eigenvalue weighted by Crippen LogP contribution is 2.40. The molecule has 0 N–H and O–H groups in total. The molecule has 3 aliphatic heterocycles. The van der Waals surface area contributed by atoms with Gasteiger partial charge in [-0.1, -0.05) is 12.1 Å². The van der Waals surface area contributed by atoms with Gasteiger partial charge in [-0.25, -0.2) is 4.79 Å². The zero-order valence-corrected chi connectivity index (χ0v) is 20.8. The van der Waals surface area contributed by atoms with Crippen molar-refractivity contribution in [3.8, 4) is 28.4 Å². The molecule has 1 amide bonds. The second-order valence-corrected chi connectivity index (χ2v) is 9.73. The van der Waals surface area contributed by atoms with E-state index in [1.165, 1.54) is 11.1 Å². The van der Waals surface area contributed by atoms with E-state index in [2.05, 4.69) is 35.2 Å². The van der Waals surface area contributed by atoms with Gasteiger partial charge in [0, 0.05) is 19.6 Å². The molecule has 188 valence electrons. The van der Waals surface area contributed by atoms with Crippen molar-refractivity contribution in [2.75, 3.05) is 53.2 Å². The molecule has 2 saturated heterocycles. The van der Waals surface area contributed by atoms with Crippen molar-refractivity contribution in [2.24, 2.45) is 5.92 Å². The summed E-state index contributed by atoms with van der Waals surface area (Å²) in [5.74, 6) is 3.73. The summed E-state index contributed by atoms with van der Waals surface area (Å²) in [4.78, 5) is 16.4. The van der Waals surface area contributed by atoms with E-state index < -0.39 is 0 Å². The molecule has 0 aromatic heterocycles. The van der Waals surface area contributed by atoms with Gasteiger partial charge in [0.15, 0.2) is 11.5 Å². The van der Waals surface area contributed by atoms with Gasteiger partial charge >= 0.3 is 6.09 Å². The monoisotopic (exact) mass is 480 g/mol. The molecule has 3 aliphatic rings. The standard InChI is InChI=1S/C28H36N2O5/c1-3-33-28(31)30-14-8-20(9-15-30)18-29-12-10-21(11-13-29)24-16-22(4-6-25(24)32-2)23-5-7-26-27(17-23)35-19-34-26/h4-7,16-17,20-21H,3,8-15,18-19H2,1-2H3. The molecule has 0 saturated carbocycles. The first-order valence-corrected chi connectivity index (χ1v) is 12.9. The number of carbonyl (C=O) groups excluding carboxylic acids is 1. The van der Waals surface area contributed by atoms with E-state index in [1.807, 2.05) is 17.9 Å². The molecular weight excluding hydrogens is 444 g/mol. The Balaban J connectivity index is 1.18. The second-order valence-electron chi connectivity index (χ2n) is 9.73. The number of ether oxygens (including phenoxy) is 4. The van der Waals surface area contributed by atoms with Crippen molar-refractivity contribution in [3.05, 3.63) is 42.0 Å². The van der Waals surface area contributed by atoms with Crippen LogP contribution < -0.4 is 14.2 Å². The fraction of sp³-hybridized carbons (Fsp3) is 0.536. The van der Waals surface area contributed by atoms with E-state index in [4.69, 9.17) is 18.9 Å². The number of likely N-dealkylation sites (tertiary alicyclic amines) is 2. The third-order valence-electron chi connectivity index (χ3n) is 7.62. The maximum Gasteiger partial charge on any atom is 0.409 e. The van der Waals surface area contributed by atoms with Crippen LogP contribution >= 0.6 is 0 Å². The molecule has 0 bridgehead atoms. The van der Waals surface area contributed by atoms with Gasteiger partial charge in [0.05, 0.1) is 13.7 Å². The molecule has 0 spiro atoms. The smallest absolute Gasteiger partial charge is 0.409 e. The van der Waals surface area contributed by atoms with Gasteiger partial charge in [-0.2, -0.15) is 0 Å². The highest BCUT2D eigenvalue weighted by atomic mass is 16.7. The number of fused-ring (bicyclic) bond motifs is 1. The van der Waals surface area contributed by atoms with Crippen LogP contribution in [-0.4, -0.2) is 69.1 Å². The number of amides is 1. The first-order chi connectivity index (χ1) is 17.1. The topological polar surface area (TPSA) is 60.5 Å². The van der Waals surface area contributed by atoms with Gasteiger partial charge in [0.2, 0.25) is 6.79 Å². The summed E-state index contributed by atoms with van der Waals surface area (Å²) < 4.78 is 21.9. The van der Waals surface area contributed by atoms with Crippen molar-refractivity contribution in [3.63, 3.8) is 0 Å². The SMILES string of the molecule is CCOC(=O)N1CCC(CN2CCC(c3cc(-c4ccc5c(c4)OCO5)ccc3OC)CC2)CC1.